The zero-order valence-electron chi connectivity index (χ0n) is 6.13. The van der Waals surface area contributed by atoms with Gasteiger partial charge in [0.2, 0.25) is 11.6 Å². The van der Waals surface area contributed by atoms with E-state index in [0.717, 1.165) is 0 Å². The van der Waals surface area contributed by atoms with Gasteiger partial charge in [-0.2, -0.15) is 0 Å². The van der Waals surface area contributed by atoms with Gasteiger partial charge in [-0.25, -0.2) is 0 Å². The van der Waals surface area contributed by atoms with Gasteiger partial charge in [-0.05, 0) is 0 Å². The first kappa shape index (κ1) is 8.20. The van der Waals surface area contributed by atoms with Crippen LogP contribution in [-0.2, 0) is 9.47 Å². The Kier molecular flexibility index (Phi) is 2.59. The third kappa shape index (κ3) is 1.77. The zero-order chi connectivity index (χ0) is 8.27. The number of ether oxygens (including phenoxy) is 2. The summed E-state index contributed by atoms with van der Waals surface area (Å²) in [6, 6.07) is 0. The number of hydrogen-bond donors (Lipinski definition) is 1. The van der Waals surface area contributed by atoms with Gasteiger partial charge in [0.15, 0.2) is 5.17 Å². The Labute approximate surface area is 69.6 Å². The first-order chi connectivity index (χ1) is 5.25. The van der Waals surface area contributed by atoms with Crippen LogP contribution in [0.15, 0.2) is 16.6 Å². The second kappa shape index (κ2) is 3.48. The molecular formula is C6H9ClN2O2. The molecule has 0 aromatic carbocycles. The van der Waals surface area contributed by atoms with Crippen molar-refractivity contribution in [2.24, 2.45) is 10.7 Å². The topological polar surface area (TPSA) is 56.8 Å². The van der Waals surface area contributed by atoms with E-state index in [-0.39, 0.29) is 11.1 Å². The fourth-order valence-electron chi connectivity index (χ4n) is 0.695. The van der Waals surface area contributed by atoms with Gasteiger partial charge in [0.25, 0.3) is 0 Å². The Balaban J connectivity index is 2.82. The first-order valence-corrected chi connectivity index (χ1v) is 3.51. The number of aliphatic imine (C=N–C) groups is 1. The number of nitrogens with two attached hydrogens (primary N) is 1. The second-order valence-electron chi connectivity index (χ2n) is 1.90. The fourth-order valence-corrected chi connectivity index (χ4v) is 0.842. The third-order valence-corrected chi connectivity index (χ3v) is 1.54. The van der Waals surface area contributed by atoms with Crippen LogP contribution >= 0.6 is 11.6 Å². The molecule has 0 aromatic rings. The minimum Gasteiger partial charge on any atom is -0.482 e. The van der Waals surface area contributed by atoms with Crippen LogP contribution < -0.4 is 5.73 Å². The summed E-state index contributed by atoms with van der Waals surface area (Å²) >= 11 is 5.65. The molecule has 0 saturated carbocycles. The van der Waals surface area contributed by atoms with Crippen molar-refractivity contribution in [1.82, 2.24) is 0 Å². The molecule has 0 fully saturated rings. The average Bonchev–Trinajstić information content (AvgIpc) is 2.04. The number of halogens is 1. The highest BCUT2D eigenvalue weighted by atomic mass is 35.5. The molecule has 11 heavy (non-hydrogen) atoms. The molecule has 1 rings (SSSR count). The largest absolute Gasteiger partial charge is 0.482 e. The lowest BCUT2D eigenvalue weighted by atomic mass is 10.5. The Morgan fingerprint density at radius 3 is 2.73 bits per heavy atom. The summed E-state index contributed by atoms with van der Waals surface area (Å²) in [7, 11) is 1.56. The van der Waals surface area contributed by atoms with Crippen LogP contribution in [0, 0.1) is 0 Å². The highest BCUT2D eigenvalue weighted by molar-refractivity contribution is 6.69. The van der Waals surface area contributed by atoms with E-state index >= 15 is 0 Å². The molecule has 4 nitrogen and oxygen atoms in total. The lowest BCUT2D eigenvalue weighted by Crippen LogP contribution is -2.21. The highest BCUT2D eigenvalue weighted by Gasteiger charge is 2.16. The quantitative estimate of drug-likeness (QED) is 0.590. The summed E-state index contributed by atoms with van der Waals surface area (Å²) in [4.78, 5) is 3.70. The molecule has 5 heteroatoms. The van der Waals surface area contributed by atoms with Crippen molar-refractivity contribution >= 4 is 16.8 Å². The van der Waals surface area contributed by atoms with E-state index in [0.29, 0.717) is 19.0 Å². The molecule has 0 unspecified atom stereocenters. The molecule has 0 saturated heterocycles. The zero-order valence-corrected chi connectivity index (χ0v) is 6.89. The van der Waals surface area contributed by atoms with Gasteiger partial charge < -0.3 is 15.2 Å². The van der Waals surface area contributed by atoms with Crippen molar-refractivity contribution in [3.8, 4) is 0 Å². The molecule has 1 aliphatic heterocycles. The molecule has 0 aromatic heterocycles. The van der Waals surface area contributed by atoms with Gasteiger partial charge in [-0.1, -0.05) is 11.6 Å². The summed E-state index contributed by atoms with van der Waals surface area (Å²) in [5, 5.41) is 0.238. The Morgan fingerprint density at radius 1 is 1.55 bits per heavy atom. The number of nitrogens with zero attached hydrogens (tertiary/aromatic N) is 1. The monoisotopic (exact) mass is 176 g/mol. The van der Waals surface area contributed by atoms with Crippen LogP contribution in [0.3, 0.4) is 0 Å². The van der Waals surface area contributed by atoms with E-state index in [9.17, 15) is 0 Å². The maximum Gasteiger partial charge on any atom is 0.231 e. The molecule has 0 bridgehead atoms. The molecule has 2 N–H and O–H groups in total. The lowest BCUT2D eigenvalue weighted by Gasteiger charge is -2.17. The van der Waals surface area contributed by atoms with E-state index in [2.05, 4.69) is 4.99 Å². The number of allylic oxidation sites excluding steroid dienone is 1. The van der Waals surface area contributed by atoms with Gasteiger partial charge in [0.05, 0.1) is 0 Å². The van der Waals surface area contributed by atoms with Crippen molar-refractivity contribution in [2.45, 2.75) is 0 Å². The second-order valence-corrected chi connectivity index (χ2v) is 2.26. The van der Waals surface area contributed by atoms with Gasteiger partial charge in [0, 0.05) is 7.05 Å². The highest BCUT2D eigenvalue weighted by Crippen LogP contribution is 2.12. The van der Waals surface area contributed by atoms with E-state index in [1.54, 1.807) is 7.05 Å². The predicted octanol–water partition coefficient (Wildman–Crippen LogP) is 0.428. The third-order valence-electron chi connectivity index (χ3n) is 1.19. The maximum atomic E-state index is 5.65. The average molecular weight is 177 g/mol. The molecular weight excluding hydrogens is 168 g/mol. The Morgan fingerprint density at radius 2 is 2.18 bits per heavy atom. The summed E-state index contributed by atoms with van der Waals surface area (Å²) in [6.45, 7) is 0.922. The minimum atomic E-state index is 0.201. The summed E-state index contributed by atoms with van der Waals surface area (Å²) in [5.41, 5.74) is 5.42. The molecule has 0 aliphatic carbocycles. The van der Waals surface area contributed by atoms with Crippen molar-refractivity contribution < 1.29 is 9.47 Å². The molecule has 0 radical (unpaired) electrons. The van der Waals surface area contributed by atoms with Crippen molar-refractivity contribution in [1.29, 1.82) is 0 Å². The van der Waals surface area contributed by atoms with Crippen LogP contribution in [0.1, 0.15) is 0 Å². The maximum absolute atomic E-state index is 5.65. The van der Waals surface area contributed by atoms with Gasteiger partial charge >= 0.3 is 0 Å². The molecule has 0 atom stereocenters. The van der Waals surface area contributed by atoms with Crippen LogP contribution in [0.2, 0.25) is 0 Å². The predicted molar refractivity (Wildman–Crippen MR) is 42.3 cm³/mol. The molecule has 62 valence electrons. The minimum absolute atomic E-state index is 0.201. The number of hydrogen-bond acceptors (Lipinski definition) is 4. The van der Waals surface area contributed by atoms with Crippen molar-refractivity contribution in [3.63, 3.8) is 0 Å². The first-order valence-electron chi connectivity index (χ1n) is 3.13. The van der Waals surface area contributed by atoms with Crippen molar-refractivity contribution in [2.75, 3.05) is 20.3 Å². The van der Waals surface area contributed by atoms with E-state index < -0.39 is 0 Å². The van der Waals surface area contributed by atoms with Gasteiger partial charge in [-0.15, -0.1) is 0 Å². The molecule has 0 amide bonds. The number of rotatable bonds is 1. The molecule has 1 aliphatic rings. The van der Waals surface area contributed by atoms with Crippen LogP contribution in [0.4, 0.5) is 0 Å². The van der Waals surface area contributed by atoms with Crippen LogP contribution in [0.25, 0.3) is 0 Å². The van der Waals surface area contributed by atoms with Gasteiger partial charge in [0.1, 0.15) is 13.2 Å². The normalized spacial score (nSPS) is 19.3. The van der Waals surface area contributed by atoms with E-state index in [1.165, 1.54) is 0 Å². The van der Waals surface area contributed by atoms with Gasteiger partial charge in [-0.3, -0.25) is 4.99 Å². The van der Waals surface area contributed by atoms with Crippen LogP contribution in [0.5, 0.6) is 0 Å². The SMILES string of the molecule is CN=C(Cl)C1=C(N)OCCO1. The standard InChI is InChI=1S/C6H9ClN2O2/c1-9-5(7)4-6(8)11-3-2-10-4/h2-3,8H2,1H3. The van der Waals surface area contributed by atoms with E-state index in [1.807, 2.05) is 0 Å². The smallest absolute Gasteiger partial charge is 0.231 e. The Bertz CT molecular complexity index is 213. The molecule has 1 heterocycles. The molecule has 0 spiro atoms. The van der Waals surface area contributed by atoms with Crippen molar-refractivity contribution in [3.05, 3.63) is 11.6 Å². The lowest BCUT2D eigenvalue weighted by molar-refractivity contribution is 0.0724. The fraction of sp³-hybridized carbons (Fsp3) is 0.500. The summed E-state index contributed by atoms with van der Waals surface area (Å²) in [6.07, 6.45) is 0. The van der Waals surface area contributed by atoms with E-state index in [4.69, 9.17) is 26.8 Å². The summed E-state index contributed by atoms with van der Waals surface area (Å²) in [5.74, 6) is 0.535. The Hall–Kier alpha value is -0.900. The summed E-state index contributed by atoms with van der Waals surface area (Å²) < 4.78 is 10.1. The van der Waals surface area contributed by atoms with Crippen LogP contribution in [-0.4, -0.2) is 25.4 Å².